The third kappa shape index (κ3) is 4.35. The number of hydrogen-bond donors (Lipinski definition) is 2. The van der Waals surface area contributed by atoms with Crippen LogP contribution in [0.4, 0.5) is 0 Å². The Morgan fingerprint density at radius 1 is 1.26 bits per heavy atom. The zero-order valence-corrected chi connectivity index (χ0v) is 18.0. The lowest BCUT2D eigenvalue weighted by Gasteiger charge is -2.25. The molecule has 1 aliphatic carbocycles. The van der Waals surface area contributed by atoms with E-state index in [1.165, 1.54) is 21.4 Å². The van der Waals surface area contributed by atoms with Crippen molar-refractivity contribution in [2.45, 2.75) is 58.5 Å². The summed E-state index contributed by atoms with van der Waals surface area (Å²) in [6.45, 7) is 5.77. The molecule has 2 aromatic heterocycles. The Hall–Kier alpha value is -3.10. The van der Waals surface area contributed by atoms with Crippen LogP contribution in [0.3, 0.4) is 0 Å². The van der Waals surface area contributed by atoms with Crippen LogP contribution in [0.15, 0.2) is 17.1 Å². The molecule has 0 unspecified atom stereocenters. The number of nitrogens with zero attached hydrogens (tertiary/aromatic N) is 4. The van der Waals surface area contributed by atoms with Gasteiger partial charge in [-0.25, -0.2) is 0 Å². The molecule has 9 heteroatoms. The fourth-order valence-corrected chi connectivity index (χ4v) is 3.93. The molecule has 31 heavy (non-hydrogen) atoms. The highest BCUT2D eigenvalue weighted by atomic mass is 16.3. The molecule has 2 fully saturated rings. The summed E-state index contributed by atoms with van der Waals surface area (Å²) in [6, 6.07) is 0.0532. The monoisotopic (exact) mass is 427 g/mol. The number of likely N-dealkylation sites (tertiary alicyclic amines) is 1. The second-order valence-corrected chi connectivity index (χ2v) is 8.81. The summed E-state index contributed by atoms with van der Waals surface area (Å²) >= 11 is 0. The van der Waals surface area contributed by atoms with Gasteiger partial charge in [-0.05, 0) is 44.1 Å². The first-order valence-corrected chi connectivity index (χ1v) is 11.0. The third-order valence-corrected chi connectivity index (χ3v) is 5.67. The van der Waals surface area contributed by atoms with Crippen LogP contribution in [-0.2, 0) is 11.3 Å². The Morgan fingerprint density at radius 2 is 1.97 bits per heavy atom. The van der Waals surface area contributed by atoms with Gasteiger partial charge in [0.15, 0.2) is 5.56 Å². The summed E-state index contributed by atoms with van der Waals surface area (Å²) < 4.78 is 2.67. The molecule has 1 aliphatic heterocycles. The maximum Gasteiger partial charge on any atom is 0.270 e. The Bertz CT molecular complexity index is 1090. The van der Waals surface area contributed by atoms with Crippen molar-refractivity contribution in [1.29, 1.82) is 0 Å². The lowest BCUT2D eigenvalue weighted by Crippen LogP contribution is -2.36. The Morgan fingerprint density at radius 3 is 2.61 bits per heavy atom. The van der Waals surface area contributed by atoms with E-state index in [0.717, 1.165) is 45.2 Å². The standard InChI is InChI=1S/C22H29N5O4/c1-14(2)13-26-20-15(6-9-17(28)25-10-4-3-5-11-25)12-23-27(20)22(31)18(21(26)30)19(29)24-16-7-8-16/h6,9,12,14,16,31H,3-5,7-8,10-11,13H2,1-2H3,(H,24,29). The highest BCUT2D eigenvalue weighted by Gasteiger charge is 2.29. The van der Waals surface area contributed by atoms with E-state index in [2.05, 4.69) is 10.4 Å². The highest BCUT2D eigenvalue weighted by molar-refractivity contribution is 5.97. The quantitative estimate of drug-likeness (QED) is 0.683. The molecule has 0 aromatic carbocycles. The van der Waals surface area contributed by atoms with Crippen LogP contribution >= 0.6 is 0 Å². The molecular weight excluding hydrogens is 398 g/mol. The van der Waals surface area contributed by atoms with Crippen molar-refractivity contribution in [2.24, 2.45) is 5.92 Å². The van der Waals surface area contributed by atoms with Gasteiger partial charge in [-0.3, -0.25) is 19.0 Å². The topological polar surface area (TPSA) is 109 Å². The fourth-order valence-electron chi connectivity index (χ4n) is 3.93. The van der Waals surface area contributed by atoms with Gasteiger partial charge in [0.1, 0.15) is 5.65 Å². The van der Waals surface area contributed by atoms with Crippen molar-refractivity contribution in [3.63, 3.8) is 0 Å². The van der Waals surface area contributed by atoms with Crippen molar-refractivity contribution in [2.75, 3.05) is 13.1 Å². The summed E-state index contributed by atoms with van der Waals surface area (Å²) in [5.74, 6) is -1.04. The molecule has 1 saturated heterocycles. The van der Waals surface area contributed by atoms with Gasteiger partial charge in [-0.2, -0.15) is 9.61 Å². The van der Waals surface area contributed by atoms with Gasteiger partial charge in [0.2, 0.25) is 11.8 Å². The number of rotatable bonds is 6. The van der Waals surface area contributed by atoms with Gasteiger partial charge in [-0.15, -0.1) is 0 Å². The zero-order valence-electron chi connectivity index (χ0n) is 18.0. The molecule has 166 valence electrons. The number of aromatic nitrogens is 3. The molecule has 9 nitrogen and oxygen atoms in total. The van der Waals surface area contributed by atoms with Gasteiger partial charge < -0.3 is 15.3 Å². The van der Waals surface area contributed by atoms with Crippen molar-refractivity contribution in [1.82, 2.24) is 24.4 Å². The average molecular weight is 428 g/mol. The van der Waals surface area contributed by atoms with Crippen molar-refractivity contribution < 1.29 is 14.7 Å². The molecule has 2 aliphatic rings. The Labute approximate surface area is 180 Å². The Kier molecular flexibility index (Phi) is 5.84. The molecule has 3 heterocycles. The minimum Gasteiger partial charge on any atom is -0.492 e. The summed E-state index contributed by atoms with van der Waals surface area (Å²) in [5, 5.41) is 17.7. The lowest BCUT2D eigenvalue weighted by molar-refractivity contribution is -0.126. The van der Waals surface area contributed by atoms with Crippen LogP contribution in [0.25, 0.3) is 11.7 Å². The molecular formula is C22H29N5O4. The van der Waals surface area contributed by atoms with E-state index >= 15 is 0 Å². The maximum atomic E-state index is 13.2. The lowest BCUT2D eigenvalue weighted by atomic mass is 10.1. The predicted molar refractivity (Wildman–Crippen MR) is 116 cm³/mol. The second-order valence-electron chi connectivity index (χ2n) is 8.81. The van der Waals surface area contributed by atoms with Crippen molar-refractivity contribution in [3.05, 3.63) is 33.8 Å². The first-order valence-electron chi connectivity index (χ1n) is 11.0. The van der Waals surface area contributed by atoms with Crippen LogP contribution in [-0.4, -0.2) is 55.1 Å². The Balaban J connectivity index is 1.75. The molecule has 1 saturated carbocycles. The second kappa shape index (κ2) is 8.56. The molecule has 2 amide bonds. The zero-order chi connectivity index (χ0) is 22.1. The van der Waals surface area contributed by atoms with E-state index in [0.29, 0.717) is 17.8 Å². The minimum atomic E-state index is -0.586. The number of nitrogens with one attached hydrogen (secondary N) is 1. The average Bonchev–Trinajstić information content (AvgIpc) is 3.45. The predicted octanol–water partition coefficient (Wildman–Crippen LogP) is 1.78. The van der Waals surface area contributed by atoms with Gasteiger partial charge in [0, 0.05) is 37.3 Å². The van der Waals surface area contributed by atoms with Crippen LogP contribution in [0.2, 0.25) is 0 Å². The maximum absolute atomic E-state index is 13.2. The molecule has 0 spiro atoms. The molecule has 4 rings (SSSR count). The third-order valence-electron chi connectivity index (χ3n) is 5.67. The molecule has 0 radical (unpaired) electrons. The van der Waals surface area contributed by atoms with E-state index in [-0.39, 0.29) is 23.4 Å². The SMILES string of the molecule is CC(C)Cn1c(=O)c(C(=O)NC2CC2)c(O)n2ncc(C=CC(=O)N3CCCCC3)c12. The smallest absolute Gasteiger partial charge is 0.270 e. The minimum absolute atomic E-state index is 0.0532. The number of carbonyl (C=O) groups is 2. The van der Waals surface area contributed by atoms with Crippen LogP contribution in [0.5, 0.6) is 5.88 Å². The van der Waals surface area contributed by atoms with Gasteiger partial charge in [0.05, 0.1) is 6.20 Å². The summed E-state index contributed by atoms with van der Waals surface area (Å²) in [4.78, 5) is 40.2. The van der Waals surface area contributed by atoms with Crippen LogP contribution < -0.4 is 10.9 Å². The van der Waals surface area contributed by atoms with E-state index < -0.39 is 17.3 Å². The van der Waals surface area contributed by atoms with Gasteiger partial charge >= 0.3 is 0 Å². The number of aromatic hydroxyl groups is 1. The molecule has 0 bridgehead atoms. The summed E-state index contributed by atoms with van der Waals surface area (Å²) in [5.41, 5.74) is 0.0341. The van der Waals surface area contributed by atoms with E-state index in [9.17, 15) is 19.5 Å². The molecule has 2 N–H and O–H groups in total. The number of piperidine rings is 1. The number of fused-ring (bicyclic) bond motifs is 1. The number of carbonyl (C=O) groups excluding carboxylic acids is 2. The fraction of sp³-hybridized carbons (Fsp3) is 0.545. The first-order chi connectivity index (χ1) is 14.9. The highest BCUT2D eigenvalue weighted by Crippen LogP contribution is 2.23. The number of amides is 2. The van der Waals surface area contributed by atoms with Gasteiger partial charge in [0.25, 0.3) is 11.5 Å². The number of hydrogen-bond acceptors (Lipinski definition) is 5. The van der Waals surface area contributed by atoms with E-state index in [4.69, 9.17) is 0 Å². The van der Waals surface area contributed by atoms with Crippen LogP contribution in [0, 0.1) is 5.92 Å². The van der Waals surface area contributed by atoms with Crippen LogP contribution in [0.1, 0.15) is 61.9 Å². The van der Waals surface area contributed by atoms with Crippen molar-refractivity contribution in [3.8, 4) is 5.88 Å². The molecule has 0 atom stereocenters. The van der Waals surface area contributed by atoms with E-state index in [1.54, 1.807) is 6.08 Å². The first kappa shape index (κ1) is 21.1. The summed E-state index contributed by atoms with van der Waals surface area (Å²) in [7, 11) is 0. The largest absolute Gasteiger partial charge is 0.492 e. The molecule has 2 aromatic rings. The summed E-state index contributed by atoms with van der Waals surface area (Å²) in [6.07, 6.45) is 9.49. The van der Waals surface area contributed by atoms with Gasteiger partial charge in [-0.1, -0.05) is 13.8 Å². The normalized spacial score (nSPS) is 17.1. The van der Waals surface area contributed by atoms with Crippen molar-refractivity contribution >= 4 is 23.5 Å². The van der Waals surface area contributed by atoms with E-state index in [1.807, 2.05) is 18.7 Å².